The minimum Gasteiger partial charge on any atom is -0.497 e. The molecule has 0 N–H and O–H groups in total. The predicted molar refractivity (Wildman–Crippen MR) is 84.5 cm³/mol. The van der Waals surface area contributed by atoms with Crippen LogP contribution in [-0.4, -0.2) is 22.6 Å². The third kappa shape index (κ3) is 3.19. The number of rotatable bonds is 4. The van der Waals surface area contributed by atoms with Gasteiger partial charge in [0.25, 0.3) is 10.0 Å². The number of methoxy groups -OCH3 is 1. The van der Waals surface area contributed by atoms with Gasteiger partial charge in [-0.25, -0.2) is 8.42 Å². The van der Waals surface area contributed by atoms with E-state index in [9.17, 15) is 8.42 Å². The monoisotopic (exact) mass is 305 g/mol. The van der Waals surface area contributed by atoms with Crippen molar-refractivity contribution in [2.45, 2.75) is 18.7 Å². The Balaban J connectivity index is 2.41. The van der Waals surface area contributed by atoms with Gasteiger partial charge in [-0.15, -0.1) is 0 Å². The molecule has 0 aromatic heterocycles. The molecule has 0 atom stereocenters. The third-order valence-electron chi connectivity index (χ3n) is 3.29. The van der Waals surface area contributed by atoms with Crippen LogP contribution in [0, 0.1) is 13.8 Å². The summed E-state index contributed by atoms with van der Waals surface area (Å²) < 4.78 is 31.6. The van der Waals surface area contributed by atoms with Gasteiger partial charge >= 0.3 is 0 Å². The van der Waals surface area contributed by atoms with Crippen LogP contribution in [0.15, 0.2) is 47.4 Å². The predicted octanol–water partition coefficient (Wildman–Crippen LogP) is 3.14. The van der Waals surface area contributed by atoms with Crippen LogP contribution in [0.3, 0.4) is 0 Å². The van der Waals surface area contributed by atoms with E-state index in [1.54, 1.807) is 38.4 Å². The molecule has 0 aliphatic heterocycles. The average molecular weight is 305 g/mol. The highest BCUT2D eigenvalue weighted by Gasteiger charge is 2.21. The Bertz CT molecular complexity index is 716. The van der Waals surface area contributed by atoms with Crippen LogP contribution in [0.2, 0.25) is 0 Å². The molecule has 0 radical (unpaired) electrons. The van der Waals surface area contributed by atoms with Crippen molar-refractivity contribution in [3.63, 3.8) is 0 Å². The lowest BCUT2D eigenvalue weighted by Crippen LogP contribution is -2.26. The minimum absolute atomic E-state index is 0.241. The number of hydrogen-bond acceptors (Lipinski definition) is 3. The molecule has 5 heteroatoms. The van der Waals surface area contributed by atoms with E-state index >= 15 is 0 Å². The SMILES string of the molecule is COc1ccc(S(=O)(=O)N(C)c2cc(C)cc(C)c2)cc1. The molecule has 0 aliphatic rings. The van der Waals surface area contributed by atoms with Crippen molar-refractivity contribution in [1.29, 1.82) is 0 Å². The summed E-state index contributed by atoms with van der Waals surface area (Å²) in [5.41, 5.74) is 2.71. The smallest absolute Gasteiger partial charge is 0.264 e. The lowest BCUT2D eigenvalue weighted by molar-refractivity contribution is 0.414. The highest BCUT2D eigenvalue weighted by atomic mass is 32.2. The standard InChI is InChI=1S/C16H19NO3S/c1-12-9-13(2)11-14(10-12)17(3)21(18,19)16-7-5-15(20-4)6-8-16/h5-11H,1-4H3. The van der Waals surface area contributed by atoms with Gasteiger partial charge in [0.15, 0.2) is 0 Å². The summed E-state index contributed by atoms with van der Waals surface area (Å²) in [7, 11) is -0.463. The van der Waals surface area contributed by atoms with Crippen LogP contribution in [0.1, 0.15) is 11.1 Å². The van der Waals surface area contributed by atoms with E-state index in [1.165, 1.54) is 4.31 Å². The number of nitrogens with zero attached hydrogens (tertiary/aromatic N) is 1. The van der Waals surface area contributed by atoms with E-state index in [1.807, 2.05) is 32.0 Å². The van der Waals surface area contributed by atoms with Gasteiger partial charge < -0.3 is 4.74 Å². The van der Waals surface area contributed by atoms with E-state index in [-0.39, 0.29) is 4.90 Å². The molecule has 0 spiro atoms. The van der Waals surface area contributed by atoms with E-state index in [2.05, 4.69) is 0 Å². The van der Waals surface area contributed by atoms with Gasteiger partial charge in [-0.2, -0.15) is 0 Å². The Kier molecular flexibility index (Phi) is 4.23. The zero-order chi connectivity index (χ0) is 15.6. The van der Waals surface area contributed by atoms with Crippen LogP contribution in [0.5, 0.6) is 5.75 Å². The Morgan fingerprint density at radius 1 is 0.952 bits per heavy atom. The lowest BCUT2D eigenvalue weighted by atomic mass is 10.1. The number of ether oxygens (including phenoxy) is 1. The van der Waals surface area contributed by atoms with E-state index in [0.717, 1.165) is 11.1 Å². The third-order valence-corrected chi connectivity index (χ3v) is 5.09. The largest absolute Gasteiger partial charge is 0.497 e. The maximum atomic E-state index is 12.6. The second-order valence-corrected chi connectivity index (χ2v) is 6.96. The fourth-order valence-electron chi connectivity index (χ4n) is 2.18. The number of anilines is 1. The number of sulfonamides is 1. The van der Waals surface area contributed by atoms with Crippen molar-refractivity contribution in [3.8, 4) is 5.75 Å². The number of benzene rings is 2. The second-order valence-electron chi connectivity index (χ2n) is 4.99. The molecule has 0 fully saturated rings. The molecular formula is C16H19NO3S. The second kappa shape index (κ2) is 5.77. The molecule has 2 aromatic rings. The van der Waals surface area contributed by atoms with Crippen LogP contribution >= 0.6 is 0 Å². The van der Waals surface area contributed by atoms with Gasteiger partial charge in [0.2, 0.25) is 0 Å². The van der Waals surface area contributed by atoms with Crippen molar-refractivity contribution < 1.29 is 13.2 Å². The highest BCUT2D eigenvalue weighted by Crippen LogP contribution is 2.25. The summed E-state index contributed by atoms with van der Waals surface area (Å²) in [6, 6.07) is 12.1. The normalized spacial score (nSPS) is 11.2. The van der Waals surface area contributed by atoms with Gasteiger partial charge in [0, 0.05) is 7.05 Å². The maximum Gasteiger partial charge on any atom is 0.264 e. The Morgan fingerprint density at radius 3 is 1.95 bits per heavy atom. The molecule has 0 saturated carbocycles. The van der Waals surface area contributed by atoms with Gasteiger partial charge in [-0.3, -0.25) is 4.31 Å². The van der Waals surface area contributed by atoms with Crippen LogP contribution in [0.25, 0.3) is 0 Å². The first-order valence-corrected chi connectivity index (χ1v) is 8.00. The Labute approximate surface area is 126 Å². The molecule has 0 bridgehead atoms. The summed E-state index contributed by atoms with van der Waals surface area (Å²) in [5, 5.41) is 0. The zero-order valence-corrected chi connectivity index (χ0v) is 13.4. The molecule has 0 saturated heterocycles. The first-order valence-electron chi connectivity index (χ1n) is 6.56. The van der Waals surface area contributed by atoms with Gasteiger partial charge in [-0.05, 0) is 61.4 Å². The molecule has 2 aromatic carbocycles. The van der Waals surface area contributed by atoms with E-state index < -0.39 is 10.0 Å². The zero-order valence-electron chi connectivity index (χ0n) is 12.6. The fourth-order valence-corrected chi connectivity index (χ4v) is 3.36. The molecular weight excluding hydrogens is 286 g/mol. The van der Waals surface area contributed by atoms with Crippen molar-refractivity contribution >= 4 is 15.7 Å². The summed E-state index contributed by atoms with van der Waals surface area (Å²) in [4.78, 5) is 0.241. The van der Waals surface area contributed by atoms with Crippen molar-refractivity contribution in [2.24, 2.45) is 0 Å². The summed E-state index contributed by atoms with van der Waals surface area (Å²) in [5.74, 6) is 0.628. The topological polar surface area (TPSA) is 46.6 Å². The first-order chi connectivity index (χ1) is 9.84. The highest BCUT2D eigenvalue weighted by molar-refractivity contribution is 7.92. The van der Waals surface area contributed by atoms with E-state index in [4.69, 9.17) is 4.74 Å². The van der Waals surface area contributed by atoms with Crippen LogP contribution in [0.4, 0.5) is 5.69 Å². The van der Waals surface area contributed by atoms with E-state index in [0.29, 0.717) is 11.4 Å². The summed E-state index contributed by atoms with van der Waals surface area (Å²) in [6.45, 7) is 3.90. The van der Waals surface area contributed by atoms with Crippen molar-refractivity contribution in [2.75, 3.05) is 18.5 Å². The molecule has 0 unspecified atom stereocenters. The van der Waals surface area contributed by atoms with Gasteiger partial charge in [-0.1, -0.05) is 6.07 Å². The Hall–Kier alpha value is -2.01. The molecule has 4 nitrogen and oxygen atoms in total. The van der Waals surface area contributed by atoms with Gasteiger partial charge in [0.05, 0.1) is 17.7 Å². The quantitative estimate of drug-likeness (QED) is 0.872. The molecule has 21 heavy (non-hydrogen) atoms. The van der Waals surface area contributed by atoms with Gasteiger partial charge in [0.1, 0.15) is 5.75 Å². The lowest BCUT2D eigenvalue weighted by Gasteiger charge is -2.20. The van der Waals surface area contributed by atoms with Crippen LogP contribution < -0.4 is 9.04 Å². The fraction of sp³-hybridized carbons (Fsp3) is 0.250. The van der Waals surface area contributed by atoms with Crippen molar-refractivity contribution in [3.05, 3.63) is 53.6 Å². The minimum atomic E-state index is -3.57. The molecule has 0 aliphatic carbocycles. The first kappa shape index (κ1) is 15.4. The average Bonchev–Trinajstić information content (AvgIpc) is 2.45. The summed E-state index contributed by atoms with van der Waals surface area (Å²) >= 11 is 0. The van der Waals surface area contributed by atoms with Crippen molar-refractivity contribution in [1.82, 2.24) is 0 Å². The molecule has 2 rings (SSSR count). The Morgan fingerprint density at radius 2 is 1.48 bits per heavy atom. The number of hydrogen-bond donors (Lipinski definition) is 0. The number of aryl methyl sites for hydroxylation is 2. The molecule has 0 heterocycles. The molecule has 112 valence electrons. The van der Waals surface area contributed by atoms with Crippen LogP contribution in [-0.2, 0) is 10.0 Å². The summed E-state index contributed by atoms with van der Waals surface area (Å²) in [6.07, 6.45) is 0. The molecule has 0 amide bonds. The maximum absolute atomic E-state index is 12.6.